The molecule has 0 aliphatic rings. The van der Waals surface area contributed by atoms with E-state index in [2.05, 4.69) is 4.90 Å². The average molecular weight is 226 g/mol. The molecule has 1 unspecified atom stereocenters. The monoisotopic (exact) mass is 226 g/mol. The molecule has 0 aromatic heterocycles. The molecule has 0 spiro atoms. The van der Waals surface area contributed by atoms with E-state index in [4.69, 9.17) is 10.5 Å². The minimum Gasteiger partial charge on any atom is -0.489 e. The molecule has 3 nitrogen and oxygen atoms in total. The van der Waals surface area contributed by atoms with Crippen molar-refractivity contribution in [1.82, 2.24) is 4.90 Å². The summed E-state index contributed by atoms with van der Waals surface area (Å²) in [5, 5.41) is 0. The maximum absolute atomic E-state index is 13.2. The van der Waals surface area contributed by atoms with Crippen LogP contribution in [0.2, 0.25) is 0 Å². The number of nitrogens with zero attached hydrogens (tertiary/aromatic N) is 1. The maximum Gasteiger partial charge on any atom is 0.165 e. The van der Waals surface area contributed by atoms with Gasteiger partial charge in [-0.25, -0.2) is 4.39 Å². The molecule has 90 valence electrons. The Hall–Kier alpha value is -1.13. The van der Waals surface area contributed by atoms with Crippen LogP contribution in [0.1, 0.15) is 6.92 Å². The van der Waals surface area contributed by atoms with Crippen LogP contribution in [0.15, 0.2) is 24.3 Å². The molecule has 0 heterocycles. The van der Waals surface area contributed by atoms with Crippen LogP contribution in [0.3, 0.4) is 0 Å². The Bertz CT molecular complexity index is 318. The molecule has 1 atom stereocenters. The Morgan fingerprint density at radius 1 is 1.44 bits per heavy atom. The van der Waals surface area contributed by atoms with E-state index in [1.165, 1.54) is 6.07 Å². The molecule has 1 aromatic carbocycles. The van der Waals surface area contributed by atoms with Crippen molar-refractivity contribution in [2.24, 2.45) is 5.73 Å². The Morgan fingerprint density at radius 2 is 2.12 bits per heavy atom. The minimum absolute atomic E-state index is 0.137. The smallest absolute Gasteiger partial charge is 0.165 e. The van der Waals surface area contributed by atoms with Crippen molar-refractivity contribution in [2.45, 2.75) is 13.0 Å². The molecule has 0 radical (unpaired) electrons. The van der Waals surface area contributed by atoms with Crippen LogP contribution in [0, 0.1) is 5.82 Å². The van der Waals surface area contributed by atoms with Gasteiger partial charge in [-0.15, -0.1) is 0 Å². The van der Waals surface area contributed by atoms with E-state index in [0.717, 1.165) is 13.1 Å². The van der Waals surface area contributed by atoms with E-state index >= 15 is 0 Å². The Labute approximate surface area is 96.0 Å². The van der Waals surface area contributed by atoms with Crippen LogP contribution in [0.25, 0.3) is 0 Å². The van der Waals surface area contributed by atoms with Gasteiger partial charge in [0.15, 0.2) is 11.6 Å². The zero-order chi connectivity index (χ0) is 12.0. The number of hydrogen-bond acceptors (Lipinski definition) is 3. The SMILES string of the molecule is CC(N)CN(C)CCOc1ccccc1F. The highest BCUT2D eigenvalue weighted by molar-refractivity contribution is 5.23. The lowest BCUT2D eigenvalue weighted by atomic mass is 10.3. The van der Waals surface area contributed by atoms with Gasteiger partial charge in [-0.1, -0.05) is 12.1 Å². The van der Waals surface area contributed by atoms with Crippen molar-refractivity contribution in [1.29, 1.82) is 0 Å². The highest BCUT2D eigenvalue weighted by Crippen LogP contribution is 2.14. The normalized spacial score (nSPS) is 12.8. The molecule has 0 bridgehead atoms. The molecular formula is C12H19FN2O. The fraction of sp³-hybridized carbons (Fsp3) is 0.500. The zero-order valence-corrected chi connectivity index (χ0v) is 9.82. The van der Waals surface area contributed by atoms with E-state index in [1.54, 1.807) is 18.2 Å². The van der Waals surface area contributed by atoms with Crippen molar-refractivity contribution < 1.29 is 9.13 Å². The van der Waals surface area contributed by atoms with Gasteiger partial charge in [0.1, 0.15) is 6.61 Å². The first-order chi connectivity index (χ1) is 7.59. The number of ether oxygens (including phenoxy) is 1. The van der Waals surface area contributed by atoms with Gasteiger partial charge in [0, 0.05) is 19.1 Å². The van der Waals surface area contributed by atoms with Crippen molar-refractivity contribution in [3.63, 3.8) is 0 Å². The van der Waals surface area contributed by atoms with E-state index in [1.807, 2.05) is 14.0 Å². The molecule has 0 amide bonds. The topological polar surface area (TPSA) is 38.5 Å². The van der Waals surface area contributed by atoms with Crippen molar-refractivity contribution in [2.75, 3.05) is 26.7 Å². The second kappa shape index (κ2) is 6.45. The lowest BCUT2D eigenvalue weighted by Gasteiger charge is -2.18. The third-order valence-electron chi connectivity index (χ3n) is 2.17. The fourth-order valence-electron chi connectivity index (χ4n) is 1.46. The van der Waals surface area contributed by atoms with E-state index in [-0.39, 0.29) is 11.9 Å². The van der Waals surface area contributed by atoms with Gasteiger partial charge in [-0.05, 0) is 26.1 Å². The number of halogens is 1. The standard InChI is InChI=1S/C12H19FN2O/c1-10(14)9-15(2)7-8-16-12-6-4-3-5-11(12)13/h3-6,10H,7-9,14H2,1-2H3. The van der Waals surface area contributed by atoms with Gasteiger partial charge in [0.2, 0.25) is 0 Å². The van der Waals surface area contributed by atoms with E-state index in [9.17, 15) is 4.39 Å². The van der Waals surface area contributed by atoms with Gasteiger partial charge in [-0.3, -0.25) is 0 Å². The first-order valence-corrected chi connectivity index (χ1v) is 5.41. The molecule has 0 aliphatic carbocycles. The number of nitrogens with two attached hydrogens (primary N) is 1. The zero-order valence-electron chi connectivity index (χ0n) is 9.82. The molecule has 1 rings (SSSR count). The van der Waals surface area contributed by atoms with E-state index < -0.39 is 0 Å². The van der Waals surface area contributed by atoms with Crippen LogP contribution >= 0.6 is 0 Å². The summed E-state index contributed by atoms with van der Waals surface area (Å²) in [6.07, 6.45) is 0. The van der Waals surface area contributed by atoms with Crippen molar-refractivity contribution in [3.8, 4) is 5.75 Å². The van der Waals surface area contributed by atoms with Crippen LogP contribution in [0.4, 0.5) is 4.39 Å². The summed E-state index contributed by atoms with van der Waals surface area (Å²) in [6.45, 7) is 3.95. The second-order valence-corrected chi connectivity index (χ2v) is 4.02. The number of para-hydroxylation sites is 1. The summed E-state index contributed by atoms with van der Waals surface area (Å²) in [6, 6.07) is 6.55. The third kappa shape index (κ3) is 4.59. The van der Waals surface area contributed by atoms with Crippen LogP contribution in [-0.4, -0.2) is 37.7 Å². The van der Waals surface area contributed by atoms with Gasteiger partial charge in [0.25, 0.3) is 0 Å². The highest BCUT2D eigenvalue weighted by atomic mass is 19.1. The van der Waals surface area contributed by atoms with Gasteiger partial charge in [-0.2, -0.15) is 0 Å². The molecule has 0 aliphatic heterocycles. The summed E-state index contributed by atoms with van der Waals surface area (Å²) < 4.78 is 18.5. The maximum atomic E-state index is 13.2. The second-order valence-electron chi connectivity index (χ2n) is 4.02. The molecule has 16 heavy (non-hydrogen) atoms. The average Bonchev–Trinajstić information content (AvgIpc) is 2.19. The number of benzene rings is 1. The molecule has 1 aromatic rings. The third-order valence-corrected chi connectivity index (χ3v) is 2.17. The first kappa shape index (κ1) is 12.9. The fourth-order valence-corrected chi connectivity index (χ4v) is 1.46. The molecule has 4 heteroatoms. The highest BCUT2D eigenvalue weighted by Gasteiger charge is 2.04. The summed E-state index contributed by atoms with van der Waals surface area (Å²) >= 11 is 0. The lowest BCUT2D eigenvalue weighted by molar-refractivity contribution is 0.225. The van der Waals surface area contributed by atoms with Crippen LogP contribution in [0.5, 0.6) is 5.75 Å². The molecule has 0 saturated heterocycles. The number of hydrogen-bond donors (Lipinski definition) is 1. The van der Waals surface area contributed by atoms with Gasteiger partial charge in [0.05, 0.1) is 0 Å². The Balaban J connectivity index is 2.28. The van der Waals surface area contributed by atoms with Crippen LogP contribution < -0.4 is 10.5 Å². The minimum atomic E-state index is -0.322. The first-order valence-electron chi connectivity index (χ1n) is 5.41. The molecule has 0 fully saturated rings. The summed E-state index contributed by atoms with van der Waals surface area (Å²) in [4.78, 5) is 2.06. The van der Waals surface area contributed by atoms with Gasteiger partial charge >= 0.3 is 0 Å². The summed E-state index contributed by atoms with van der Waals surface area (Å²) in [5.74, 6) is -0.0194. The van der Waals surface area contributed by atoms with Crippen LogP contribution in [-0.2, 0) is 0 Å². The molecule has 0 saturated carbocycles. The van der Waals surface area contributed by atoms with Gasteiger partial charge < -0.3 is 15.4 Å². The van der Waals surface area contributed by atoms with Crippen molar-refractivity contribution >= 4 is 0 Å². The largest absolute Gasteiger partial charge is 0.489 e. The summed E-state index contributed by atoms with van der Waals surface area (Å²) in [7, 11) is 1.97. The predicted molar refractivity (Wildman–Crippen MR) is 63.0 cm³/mol. The number of rotatable bonds is 6. The molecular weight excluding hydrogens is 207 g/mol. The quantitative estimate of drug-likeness (QED) is 0.798. The van der Waals surface area contributed by atoms with E-state index in [0.29, 0.717) is 12.4 Å². The van der Waals surface area contributed by atoms with Crippen molar-refractivity contribution in [3.05, 3.63) is 30.1 Å². The Kier molecular flexibility index (Phi) is 5.22. The number of likely N-dealkylation sites (N-methyl/N-ethyl adjacent to an activating group) is 1. The Morgan fingerprint density at radius 3 is 2.75 bits per heavy atom. The summed E-state index contributed by atoms with van der Waals surface area (Å²) in [5.41, 5.74) is 5.66. The lowest BCUT2D eigenvalue weighted by Crippen LogP contribution is -2.35. The predicted octanol–water partition coefficient (Wildman–Crippen LogP) is 1.48. The molecule has 2 N–H and O–H groups in total.